The highest BCUT2D eigenvalue weighted by Crippen LogP contribution is 2.25. The van der Waals surface area contributed by atoms with Crippen LogP contribution < -0.4 is 5.73 Å². The van der Waals surface area contributed by atoms with Crippen molar-refractivity contribution in [3.05, 3.63) is 41.3 Å². The molecule has 0 bridgehead atoms. The van der Waals surface area contributed by atoms with Gasteiger partial charge in [-0.1, -0.05) is 30.7 Å². The van der Waals surface area contributed by atoms with Gasteiger partial charge in [0.05, 0.1) is 0 Å². The minimum Gasteiger partial charge on any atom is -0.383 e. The van der Waals surface area contributed by atoms with Crippen LogP contribution in [0.4, 0.5) is 5.82 Å². The number of aromatic nitrogens is 2. The molecule has 1 aromatic heterocycles. The first kappa shape index (κ1) is 11.9. The number of aryl methyl sites for hydroxylation is 1. The molecule has 0 aliphatic heterocycles. The van der Waals surface area contributed by atoms with Crippen LogP contribution in [0.2, 0.25) is 5.02 Å². The van der Waals surface area contributed by atoms with Gasteiger partial charge in [-0.2, -0.15) is 0 Å². The third kappa shape index (κ3) is 2.74. The summed E-state index contributed by atoms with van der Waals surface area (Å²) in [6, 6.07) is 7.52. The molecule has 2 aromatic rings. The maximum absolute atomic E-state index is 5.95. The molecule has 0 fully saturated rings. The van der Waals surface area contributed by atoms with E-state index in [1.807, 2.05) is 24.3 Å². The van der Waals surface area contributed by atoms with Gasteiger partial charge in [0.15, 0.2) is 0 Å². The summed E-state index contributed by atoms with van der Waals surface area (Å²) in [5, 5.41) is 0.680. The summed E-state index contributed by atoms with van der Waals surface area (Å²) < 4.78 is 0. The van der Waals surface area contributed by atoms with Crippen LogP contribution in [0.25, 0.3) is 11.1 Å². The third-order valence-corrected chi connectivity index (χ3v) is 2.71. The van der Waals surface area contributed by atoms with Crippen LogP contribution in [0.5, 0.6) is 0 Å². The van der Waals surface area contributed by atoms with Crippen LogP contribution in [-0.4, -0.2) is 9.97 Å². The second-order valence-electron chi connectivity index (χ2n) is 3.85. The third-order valence-electron chi connectivity index (χ3n) is 2.48. The summed E-state index contributed by atoms with van der Waals surface area (Å²) in [4.78, 5) is 8.59. The summed E-state index contributed by atoms with van der Waals surface area (Å²) in [6.45, 7) is 2.09. The first-order valence-electron chi connectivity index (χ1n) is 5.58. The zero-order chi connectivity index (χ0) is 12.3. The number of hydrogen-bond acceptors (Lipinski definition) is 3. The smallest absolute Gasteiger partial charge is 0.135 e. The van der Waals surface area contributed by atoms with E-state index in [1.54, 1.807) is 6.20 Å². The molecule has 2 N–H and O–H groups in total. The average molecular weight is 248 g/mol. The van der Waals surface area contributed by atoms with Crippen LogP contribution in [-0.2, 0) is 6.42 Å². The van der Waals surface area contributed by atoms with Crippen molar-refractivity contribution in [1.29, 1.82) is 0 Å². The number of hydrogen-bond donors (Lipinski definition) is 1. The Morgan fingerprint density at radius 1 is 1.35 bits per heavy atom. The van der Waals surface area contributed by atoms with Gasteiger partial charge in [0.2, 0.25) is 0 Å². The minimum absolute atomic E-state index is 0.505. The van der Waals surface area contributed by atoms with Gasteiger partial charge in [0, 0.05) is 23.2 Å². The zero-order valence-electron chi connectivity index (χ0n) is 9.65. The summed E-state index contributed by atoms with van der Waals surface area (Å²) in [7, 11) is 0. The van der Waals surface area contributed by atoms with Gasteiger partial charge >= 0.3 is 0 Å². The van der Waals surface area contributed by atoms with Crippen molar-refractivity contribution in [1.82, 2.24) is 9.97 Å². The second kappa shape index (κ2) is 5.15. The standard InChI is InChI=1S/C13H14ClN3/c1-2-4-12-16-8-11(13(15)17-12)9-5-3-6-10(14)7-9/h3,5-8H,2,4H2,1H3,(H2,15,16,17). The molecule has 0 amide bonds. The first-order chi connectivity index (χ1) is 8.20. The molecule has 1 aromatic carbocycles. The van der Waals surface area contributed by atoms with Crippen molar-refractivity contribution in [3.8, 4) is 11.1 Å². The van der Waals surface area contributed by atoms with Gasteiger partial charge in [0.25, 0.3) is 0 Å². The Kier molecular flexibility index (Phi) is 3.59. The maximum atomic E-state index is 5.95. The summed E-state index contributed by atoms with van der Waals surface area (Å²) in [5.41, 5.74) is 7.71. The van der Waals surface area contributed by atoms with Crippen LogP contribution in [0.15, 0.2) is 30.5 Å². The average Bonchev–Trinajstić information content (AvgIpc) is 2.29. The van der Waals surface area contributed by atoms with E-state index < -0.39 is 0 Å². The van der Waals surface area contributed by atoms with Crippen LogP contribution in [0.1, 0.15) is 19.2 Å². The lowest BCUT2D eigenvalue weighted by atomic mass is 10.1. The Labute approximate surface area is 106 Å². The lowest BCUT2D eigenvalue weighted by Crippen LogP contribution is -2.01. The normalized spacial score (nSPS) is 10.5. The Morgan fingerprint density at radius 3 is 2.82 bits per heavy atom. The van der Waals surface area contributed by atoms with E-state index in [2.05, 4.69) is 16.9 Å². The molecule has 0 aliphatic rings. The Balaban J connectivity index is 2.39. The maximum Gasteiger partial charge on any atom is 0.135 e. The van der Waals surface area contributed by atoms with Gasteiger partial charge in [-0.3, -0.25) is 0 Å². The first-order valence-corrected chi connectivity index (χ1v) is 5.96. The van der Waals surface area contributed by atoms with E-state index in [1.165, 1.54) is 0 Å². The number of nitrogen functional groups attached to an aromatic ring is 1. The van der Waals surface area contributed by atoms with Gasteiger partial charge in [0.1, 0.15) is 11.6 Å². The number of halogens is 1. The SMILES string of the molecule is CCCc1ncc(-c2cccc(Cl)c2)c(N)n1. The molecule has 0 spiro atoms. The van der Waals surface area contributed by atoms with E-state index in [4.69, 9.17) is 17.3 Å². The molecule has 0 aliphatic carbocycles. The molecule has 3 nitrogen and oxygen atoms in total. The molecule has 0 unspecified atom stereocenters. The minimum atomic E-state index is 0.505. The predicted octanol–water partition coefficient (Wildman–Crippen LogP) is 3.33. The number of nitrogens with two attached hydrogens (primary N) is 1. The van der Waals surface area contributed by atoms with E-state index in [0.29, 0.717) is 10.8 Å². The van der Waals surface area contributed by atoms with Crippen molar-refractivity contribution in [2.45, 2.75) is 19.8 Å². The summed E-state index contributed by atoms with van der Waals surface area (Å²) >= 11 is 5.95. The van der Waals surface area contributed by atoms with Gasteiger partial charge in [-0.15, -0.1) is 0 Å². The highest BCUT2D eigenvalue weighted by atomic mass is 35.5. The lowest BCUT2D eigenvalue weighted by molar-refractivity contribution is 0.838. The number of benzene rings is 1. The summed E-state index contributed by atoms with van der Waals surface area (Å²) in [6.07, 6.45) is 3.62. The highest BCUT2D eigenvalue weighted by Gasteiger charge is 2.06. The van der Waals surface area contributed by atoms with E-state index in [0.717, 1.165) is 29.8 Å². The van der Waals surface area contributed by atoms with Crippen molar-refractivity contribution >= 4 is 17.4 Å². The summed E-state index contributed by atoms with van der Waals surface area (Å²) in [5.74, 6) is 1.29. The zero-order valence-corrected chi connectivity index (χ0v) is 10.4. The van der Waals surface area contributed by atoms with E-state index in [-0.39, 0.29) is 0 Å². The van der Waals surface area contributed by atoms with Crippen LogP contribution >= 0.6 is 11.6 Å². The fourth-order valence-electron chi connectivity index (χ4n) is 1.66. The molecule has 0 atom stereocenters. The van der Waals surface area contributed by atoms with Crippen LogP contribution in [0.3, 0.4) is 0 Å². The fourth-order valence-corrected chi connectivity index (χ4v) is 1.85. The molecule has 0 saturated carbocycles. The van der Waals surface area contributed by atoms with Crippen LogP contribution in [0, 0.1) is 0 Å². The van der Waals surface area contributed by atoms with Gasteiger partial charge in [-0.25, -0.2) is 9.97 Å². The van der Waals surface area contributed by atoms with Gasteiger partial charge in [-0.05, 0) is 24.1 Å². The molecule has 17 heavy (non-hydrogen) atoms. The number of nitrogens with zero attached hydrogens (tertiary/aromatic N) is 2. The fraction of sp³-hybridized carbons (Fsp3) is 0.231. The molecule has 88 valence electrons. The topological polar surface area (TPSA) is 51.8 Å². The molecule has 2 rings (SSSR count). The van der Waals surface area contributed by atoms with Gasteiger partial charge < -0.3 is 5.73 Å². The molecule has 0 radical (unpaired) electrons. The Hall–Kier alpha value is -1.61. The van der Waals surface area contributed by atoms with Crippen molar-refractivity contribution in [3.63, 3.8) is 0 Å². The second-order valence-corrected chi connectivity index (χ2v) is 4.28. The number of anilines is 1. The van der Waals surface area contributed by atoms with Crippen molar-refractivity contribution in [2.24, 2.45) is 0 Å². The van der Waals surface area contributed by atoms with E-state index >= 15 is 0 Å². The van der Waals surface area contributed by atoms with Crippen molar-refractivity contribution in [2.75, 3.05) is 5.73 Å². The molecule has 1 heterocycles. The predicted molar refractivity (Wildman–Crippen MR) is 70.9 cm³/mol. The lowest BCUT2D eigenvalue weighted by Gasteiger charge is -2.06. The molecule has 0 saturated heterocycles. The molecular weight excluding hydrogens is 234 g/mol. The van der Waals surface area contributed by atoms with Crippen molar-refractivity contribution < 1.29 is 0 Å². The number of rotatable bonds is 3. The highest BCUT2D eigenvalue weighted by molar-refractivity contribution is 6.30. The molecular formula is C13H14ClN3. The Morgan fingerprint density at radius 2 is 2.18 bits per heavy atom. The Bertz CT molecular complexity index is 526. The quantitative estimate of drug-likeness (QED) is 0.905. The van der Waals surface area contributed by atoms with E-state index in [9.17, 15) is 0 Å². The monoisotopic (exact) mass is 247 g/mol. The molecule has 4 heteroatoms. The largest absolute Gasteiger partial charge is 0.383 e.